The zero-order valence-corrected chi connectivity index (χ0v) is 18.3. The number of rotatable bonds is 8. The second kappa shape index (κ2) is 10.2. The van der Waals surface area contributed by atoms with E-state index in [1.165, 1.54) is 15.8 Å². The van der Waals surface area contributed by atoms with Crippen molar-refractivity contribution in [1.29, 1.82) is 0 Å². The molecule has 2 rings (SSSR count). The van der Waals surface area contributed by atoms with Gasteiger partial charge in [0.1, 0.15) is 5.82 Å². The van der Waals surface area contributed by atoms with Crippen LogP contribution >= 0.6 is 11.5 Å². The fourth-order valence-corrected chi connectivity index (χ4v) is 4.47. The Balaban J connectivity index is 1.75. The third-order valence-corrected chi connectivity index (χ3v) is 7.28. The first-order chi connectivity index (χ1) is 12.9. The molecule has 154 valence electrons. The van der Waals surface area contributed by atoms with Crippen LogP contribution in [0, 0.1) is 0 Å². The molecular formula is C16H31N7O2S2. The van der Waals surface area contributed by atoms with Crippen molar-refractivity contribution in [3.05, 3.63) is 5.82 Å². The van der Waals surface area contributed by atoms with Crippen molar-refractivity contribution in [2.24, 2.45) is 4.99 Å². The molecule has 0 aliphatic carbocycles. The molecule has 1 aromatic rings. The normalized spacial score (nSPS) is 16.3. The summed E-state index contributed by atoms with van der Waals surface area (Å²) in [6, 6.07) is 0. The molecule has 1 saturated heterocycles. The number of aryl methyl sites for hydroxylation is 1. The van der Waals surface area contributed by atoms with E-state index in [0.29, 0.717) is 13.1 Å². The molecule has 0 bridgehead atoms. The molecule has 1 aromatic heterocycles. The van der Waals surface area contributed by atoms with Gasteiger partial charge in [0.2, 0.25) is 15.2 Å². The lowest BCUT2D eigenvalue weighted by Gasteiger charge is -2.36. The quantitative estimate of drug-likeness (QED) is 0.373. The second-order valence-electron chi connectivity index (χ2n) is 6.37. The van der Waals surface area contributed by atoms with Gasteiger partial charge >= 0.3 is 0 Å². The van der Waals surface area contributed by atoms with Crippen LogP contribution in [0.3, 0.4) is 0 Å². The molecule has 1 aliphatic rings. The Morgan fingerprint density at radius 2 is 2.00 bits per heavy atom. The molecule has 1 aliphatic heterocycles. The van der Waals surface area contributed by atoms with Crippen molar-refractivity contribution < 1.29 is 8.42 Å². The van der Waals surface area contributed by atoms with E-state index in [1.54, 1.807) is 21.0 Å². The number of aliphatic imine (C=N–C) groups is 1. The Bertz CT molecular complexity index is 712. The van der Waals surface area contributed by atoms with Crippen molar-refractivity contribution in [1.82, 2.24) is 23.9 Å². The largest absolute Gasteiger partial charge is 0.356 e. The third kappa shape index (κ3) is 6.01. The van der Waals surface area contributed by atoms with Crippen LogP contribution in [0.5, 0.6) is 0 Å². The molecule has 0 amide bonds. The minimum absolute atomic E-state index is 0.136. The highest BCUT2D eigenvalue weighted by Gasteiger charge is 2.22. The maximum absolute atomic E-state index is 11.8. The summed E-state index contributed by atoms with van der Waals surface area (Å²) in [5, 5.41) is 4.34. The zero-order valence-electron chi connectivity index (χ0n) is 16.7. The van der Waals surface area contributed by atoms with Crippen LogP contribution in [-0.2, 0) is 16.4 Å². The number of hydrogen-bond acceptors (Lipinski definition) is 7. The van der Waals surface area contributed by atoms with Gasteiger partial charge in [-0.1, -0.05) is 6.92 Å². The number of piperazine rings is 1. The lowest BCUT2D eigenvalue weighted by atomic mass is 10.3. The minimum atomic E-state index is -3.11. The van der Waals surface area contributed by atoms with E-state index in [1.807, 2.05) is 0 Å². The van der Waals surface area contributed by atoms with Crippen LogP contribution in [0.2, 0.25) is 0 Å². The molecule has 1 fully saturated rings. The van der Waals surface area contributed by atoms with Gasteiger partial charge in [0.05, 0.1) is 5.75 Å². The summed E-state index contributed by atoms with van der Waals surface area (Å²) in [6.07, 6.45) is 1.60. The number of sulfonamides is 1. The van der Waals surface area contributed by atoms with Crippen molar-refractivity contribution in [3.63, 3.8) is 0 Å². The number of aromatic nitrogens is 2. The lowest BCUT2D eigenvalue weighted by Crippen LogP contribution is -2.52. The Hall–Kier alpha value is -1.46. The molecule has 0 saturated carbocycles. The van der Waals surface area contributed by atoms with Gasteiger partial charge in [-0.25, -0.2) is 17.7 Å². The van der Waals surface area contributed by atoms with Crippen LogP contribution in [0.4, 0.5) is 5.13 Å². The Kier molecular flexibility index (Phi) is 8.24. The molecule has 0 atom stereocenters. The summed E-state index contributed by atoms with van der Waals surface area (Å²) in [7, 11) is 0.299. The average molecular weight is 418 g/mol. The van der Waals surface area contributed by atoms with Gasteiger partial charge in [-0.15, -0.1) is 0 Å². The Labute approximate surface area is 166 Å². The fourth-order valence-electron chi connectivity index (χ4n) is 2.82. The summed E-state index contributed by atoms with van der Waals surface area (Å²) in [5.74, 6) is 1.91. The molecule has 9 nitrogen and oxygen atoms in total. The van der Waals surface area contributed by atoms with E-state index >= 15 is 0 Å². The maximum atomic E-state index is 11.8. The maximum Gasteiger partial charge on any atom is 0.213 e. The monoisotopic (exact) mass is 417 g/mol. The van der Waals surface area contributed by atoms with Crippen molar-refractivity contribution in [3.8, 4) is 0 Å². The first-order valence-electron chi connectivity index (χ1n) is 9.38. The van der Waals surface area contributed by atoms with Gasteiger partial charge in [-0.05, 0) is 13.3 Å². The smallest absolute Gasteiger partial charge is 0.213 e. The highest BCUT2D eigenvalue weighted by Crippen LogP contribution is 2.19. The van der Waals surface area contributed by atoms with Crippen molar-refractivity contribution in [2.45, 2.75) is 26.7 Å². The summed E-state index contributed by atoms with van der Waals surface area (Å²) in [4.78, 5) is 13.4. The van der Waals surface area contributed by atoms with E-state index in [9.17, 15) is 8.42 Å². The number of nitrogens with zero attached hydrogens (tertiary/aromatic N) is 6. The fraction of sp³-hybridized carbons (Fsp3) is 0.812. The van der Waals surface area contributed by atoms with Gasteiger partial charge in [0.25, 0.3) is 0 Å². The average Bonchev–Trinajstić information content (AvgIpc) is 3.17. The Morgan fingerprint density at radius 3 is 2.56 bits per heavy atom. The van der Waals surface area contributed by atoms with Crippen LogP contribution in [0.25, 0.3) is 0 Å². The Morgan fingerprint density at radius 1 is 1.30 bits per heavy atom. The predicted octanol–water partition coefficient (Wildman–Crippen LogP) is 0.470. The van der Waals surface area contributed by atoms with Crippen molar-refractivity contribution in [2.75, 3.05) is 64.0 Å². The van der Waals surface area contributed by atoms with Gasteiger partial charge in [-0.2, -0.15) is 4.37 Å². The first kappa shape index (κ1) is 21.8. The molecule has 11 heteroatoms. The molecule has 1 N–H and O–H groups in total. The molecule has 0 spiro atoms. The first-order valence-corrected chi connectivity index (χ1v) is 11.8. The third-order valence-electron chi connectivity index (χ3n) is 4.61. The molecule has 0 aromatic carbocycles. The van der Waals surface area contributed by atoms with E-state index in [0.717, 1.165) is 55.9 Å². The predicted molar refractivity (Wildman–Crippen MR) is 111 cm³/mol. The van der Waals surface area contributed by atoms with Gasteiger partial charge in [0, 0.05) is 71.3 Å². The van der Waals surface area contributed by atoms with E-state index < -0.39 is 10.0 Å². The van der Waals surface area contributed by atoms with Gasteiger partial charge in [-0.3, -0.25) is 4.99 Å². The topological polar surface area (TPSA) is 94.0 Å². The van der Waals surface area contributed by atoms with Crippen LogP contribution in [0.1, 0.15) is 26.1 Å². The zero-order chi connectivity index (χ0) is 19.9. The second-order valence-corrected chi connectivity index (χ2v) is 9.47. The number of nitrogens with one attached hydrogen (secondary N) is 1. The van der Waals surface area contributed by atoms with Gasteiger partial charge < -0.3 is 15.1 Å². The van der Waals surface area contributed by atoms with Gasteiger partial charge in [0.15, 0.2) is 5.96 Å². The van der Waals surface area contributed by atoms with Crippen molar-refractivity contribution >= 4 is 32.6 Å². The van der Waals surface area contributed by atoms with Crippen LogP contribution in [-0.4, -0.2) is 92.1 Å². The standard InChI is InChI=1S/C16H31N7O2S2/c1-5-14-19-16(26-20-14)23-12-10-22(11-13-23)15(17-3)18-8-7-9-21(4)27(24,25)6-2/h5-13H2,1-4H3,(H,17,18). The molecule has 0 unspecified atom stereocenters. The molecule has 27 heavy (non-hydrogen) atoms. The summed E-state index contributed by atoms with van der Waals surface area (Å²) in [6.45, 7) is 8.42. The highest BCUT2D eigenvalue weighted by atomic mass is 32.2. The molecule has 2 heterocycles. The summed E-state index contributed by atoms with van der Waals surface area (Å²) in [5.41, 5.74) is 0. The minimum Gasteiger partial charge on any atom is -0.356 e. The number of hydrogen-bond donors (Lipinski definition) is 1. The highest BCUT2D eigenvalue weighted by molar-refractivity contribution is 7.89. The molecule has 0 radical (unpaired) electrons. The van der Waals surface area contributed by atoms with E-state index in [2.05, 4.69) is 36.4 Å². The van der Waals surface area contributed by atoms with Crippen LogP contribution in [0.15, 0.2) is 4.99 Å². The van der Waals surface area contributed by atoms with Crippen LogP contribution < -0.4 is 10.2 Å². The summed E-state index contributed by atoms with van der Waals surface area (Å²) < 4.78 is 29.3. The SMILES string of the molecule is CCc1nsc(N2CCN(C(=NC)NCCCN(C)S(=O)(=O)CC)CC2)n1. The molecular weight excluding hydrogens is 386 g/mol. The summed E-state index contributed by atoms with van der Waals surface area (Å²) >= 11 is 1.47. The van der Waals surface area contributed by atoms with E-state index in [4.69, 9.17) is 0 Å². The number of guanidine groups is 1. The lowest BCUT2D eigenvalue weighted by molar-refractivity contribution is 0.371. The van der Waals surface area contributed by atoms with E-state index in [-0.39, 0.29) is 5.75 Å². The number of anilines is 1.